The van der Waals surface area contributed by atoms with Crippen LogP contribution in [0.15, 0.2) is 24.3 Å². The molecule has 4 nitrogen and oxygen atoms in total. The maximum absolute atomic E-state index is 12.9. The minimum Gasteiger partial charge on any atom is -0.355 e. The van der Waals surface area contributed by atoms with Crippen molar-refractivity contribution < 1.29 is 14.0 Å². The highest BCUT2D eigenvalue weighted by molar-refractivity contribution is 6.09. The third kappa shape index (κ3) is 3.15. The molecule has 1 aliphatic rings. The van der Waals surface area contributed by atoms with E-state index in [1.54, 1.807) is 17.0 Å². The van der Waals surface area contributed by atoms with Gasteiger partial charge in [0.1, 0.15) is 11.7 Å². The molecule has 1 saturated heterocycles. The smallest absolute Gasteiger partial charge is 0.239 e. The second-order valence-corrected chi connectivity index (χ2v) is 4.95. The molecule has 1 N–H and O–H groups in total. The molecule has 0 spiro atoms. The van der Waals surface area contributed by atoms with Crippen LogP contribution in [0, 0.1) is 11.7 Å². The van der Waals surface area contributed by atoms with E-state index in [0.717, 1.165) is 12.8 Å². The molecule has 0 aromatic heterocycles. The molecule has 2 rings (SSSR count). The van der Waals surface area contributed by atoms with Gasteiger partial charge in [-0.2, -0.15) is 0 Å². The standard InChI is InChI=1S/C15H19FN2O2/c1-2-3-9-17-14(19)13-8-10-18(15(13)20)12-6-4-11(16)5-7-12/h4-7,13H,2-3,8-10H2,1H3,(H,17,19). The Balaban J connectivity index is 1.98. The van der Waals surface area contributed by atoms with Crippen LogP contribution >= 0.6 is 0 Å². The van der Waals surface area contributed by atoms with Gasteiger partial charge < -0.3 is 10.2 Å². The molecule has 0 saturated carbocycles. The Morgan fingerprint density at radius 3 is 2.75 bits per heavy atom. The van der Waals surface area contributed by atoms with Crippen LogP contribution in [0.2, 0.25) is 0 Å². The summed E-state index contributed by atoms with van der Waals surface area (Å²) in [6.45, 7) is 3.15. The molecule has 1 aromatic carbocycles. The molecule has 1 aliphatic heterocycles. The number of amides is 2. The SMILES string of the molecule is CCCCNC(=O)C1CCN(c2ccc(F)cc2)C1=O. The second-order valence-electron chi connectivity index (χ2n) is 4.95. The van der Waals surface area contributed by atoms with E-state index in [1.807, 2.05) is 6.92 Å². The number of nitrogens with one attached hydrogen (secondary N) is 1. The molecule has 1 atom stereocenters. The molecule has 0 aliphatic carbocycles. The largest absolute Gasteiger partial charge is 0.355 e. The molecule has 1 unspecified atom stereocenters. The number of anilines is 1. The van der Waals surface area contributed by atoms with Crippen molar-refractivity contribution in [2.75, 3.05) is 18.0 Å². The zero-order valence-electron chi connectivity index (χ0n) is 11.6. The zero-order valence-corrected chi connectivity index (χ0v) is 11.6. The summed E-state index contributed by atoms with van der Waals surface area (Å²) in [5.41, 5.74) is 0.639. The predicted molar refractivity (Wildman–Crippen MR) is 74.8 cm³/mol. The van der Waals surface area contributed by atoms with Gasteiger partial charge in [-0.3, -0.25) is 9.59 Å². The summed E-state index contributed by atoms with van der Waals surface area (Å²) in [5, 5.41) is 2.79. The van der Waals surface area contributed by atoms with Crippen LogP contribution in [-0.2, 0) is 9.59 Å². The first-order valence-corrected chi connectivity index (χ1v) is 6.98. The lowest BCUT2D eigenvalue weighted by atomic mass is 10.1. The second kappa shape index (κ2) is 6.50. The van der Waals surface area contributed by atoms with Crippen LogP contribution in [0.3, 0.4) is 0 Å². The lowest BCUT2D eigenvalue weighted by molar-refractivity contribution is -0.132. The maximum atomic E-state index is 12.9. The zero-order chi connectivity index (χ0) is 14.5. The van der Waals surface area contributed by atoms with E-state index < -0.39 is 5.92 Å². The highest BCUT2D eigenvalue weighted by Crippen LogP contribution is 2.25. The molecule has 1 fully saturated rings. The number of benzene rings is 1. The third-order valence-corrected chi connectivity index (χ3v) is 3.49. The molecule has 0 bridgehead atoms. The molecule has 0 radical (unpaired) electrons. The van der Waals surface area contributed by atoms with Crippen LogP contribution in [0.4, 0.5) is 10.1 Å². The number of hydrogen-bond donors (Lipinski definition) is 1. The summed E-state index contributed by atoms with van der Waals surface area (Å²) in [6.07, 6.45) is 2.42. The van der Waals surface area contributed by atoms with Crippen LogP contribution in [-0.4, -0.2) is 24.9 Å². The first-order valence-electron chi connectivity index (χ1n) is 6.98. The molecule has 108 valence electrons. The number of carbonyl (C=O) groups is 2. The van der Waals surface area contributed by atoms with Crippen LogP contribution < -0.4 is 10.2 Å². The fourth-order valence-electron chi connectivity index (χ4n) is 2.31. The van der Waals surface area contributed by atoms with Gasteiger partial charge in [0.05, 0.1) is 0 Å². The van der Waals surface area contributed by atoms with Crippen molar-refractivity contribution in [2.45, 2.75) is 26.2 Å². The molecule has 1 aromatic rings. The van der Waals surface area contributed by atoms with E-state index >= 15 is 0 Å². The number of rotatable bonds is 5. The number of nitrogens with zero attached hydrogens (tertiary/aromatic N) is 1. The van der Waals surface area contributed by atoms with Gasteiger partial charge in [-0.15, -0.1) is 0 Å². The Morgan fingerprint density at radius 2 is 2.10 bits per heavy atom. The number of unbranched alkanes of at least 4 members (excludes halogenated alkanes) is 1. The molecule has 5 heteroatoms. The first kappa shape index (κ1) is 14.5. The number of hydrogen-bond acceptors (Lipinski definition) is 2. The number of carbonyl (C=O) groups excluding carboxylic acids is 2. The van der Waals surface area contributed by atoms with Crippen molar-refractivity contribution in [3.63, 3.8) is 0 Å². The molecular formula is C15H19FN2O2. The van der Waals surface area contributed by atoms with E-state index in [1.165, 1.54) is 12.1 Å². The quantitative estimate of drug-likeness (QED) is 0.662. The lowest BCUT2D eigenvalue weighted by Crippen LogP contribution is -2.37. The summed E-state index contributed by atoms with van der Waals surface area (Å²) < 4.78 is 12.9. The summed E-state index contributed by atoms with van der Waals surface area (Å²) >= 11 is 0. The highest BCUT2D eigenvalue weighted by Gasteiger charge is 2.37. The van der Waals surface area contributed by atoms with Gasteiger partial charge >= 0.3 is 0 Å². The summed E-state index contributed by atoms with van der Waals surface area (Å²) in [7, 11) is 0. The van der Waals surface area contributed by atoms with Gasteiger partial charge in [-0.1, -0.05) is 13.3 Å². The average molecular weight is 278 g/mol. The monoisotopic (exact) mass is 278 g/mol. The van der Waals surface area contributed by atoms with Crippen molar-refractivity contribution >= 4 is 17.5 Å². The molecular weight excluding hydrogens is 259 g/mol. The van der Waals surface area contributed by atoms with Crippen molar-refractivity contribution in [1.29, 1.82) is 0 Å². The summed E-state index contributed by atoms with van der Waals surface area (Å²) in [5.74, 6) is -1.36. The molecule has 1 heterocycles. The predicted octanol–water partition coefficient (Wildman–Crippen LogP) is 2.09. The van der Waals surface area contributed by atoms with Crippen LogP contribution in [0.25, 0.3) is 0 Å². The van der Waals surface area contributed by atoms with Crippen molar-refractivity contribution in [3.8, 4) is 0 Å². The minimum absolute atomic E-state index is 0.201. The van der Waals surface area contributed by atoms with Crippen LogP contribution in [0.1, 0.15) is 26.2 Å². The number of halogens is 1. The van der Waals surface area contributed by atoms with Crippen molar-refractivity contribution in [2.24, 2.45) is 5.92 Å². The van der Waals surface area contributed by atoms with Gasteiger partial charge in [-0.05, 0) is 37.1 Å². The maximum Gasteiger partial charge on any atom is 0.239 e. The fraction of sp³-hybridized carbons (Fsp3) is 0.467. The van der Waals surface area contributed by atoms with Gasteiger partial charge in [0, 0.05) is 18.8 Å². The van der Waals surface area contributed by atoms with Gasteiger partial charge in [-0.25, -0.2) is 4.39 Å². The van der Waals surface area contributed by atoms with E-state index in [0.29, 0.717) is 25.2 Å². The van der Waals surface area contributed by atoms with Crippen LogP contribution in [0.5, 0.6) is 0 Å². The lowest BCUT2D eigenvalue weighted by Gasteiger charge is -2.16. The van der Waals surface area contributed by atoms with E-state index in [-0.39, 0.29) is 17.6 Å². The highest BCUT2D eigenvalue weighted by atomic mass is 19.1. The average Bonchev–Trinajstić information content (AvgIpc) is 2.82. The summed E-state index contributed by atoms with van der Waals surface area (Å²) in [6, 6.07) is 5.75. The minimum atomic E-state index is -0.614. The topological polar surface area (TPSA) is 49.4 Å². The van der Waals surface area contributed by atoms with Gasteiger partial charge in [0.25, 0.3) is 0 Å². The molecule has 2 amide bonds. The summed E-state index contributed by atoms with van der Waals surface area (Å²) in [4.78, 5) is 25.7. The molecule has 20 heavy (non-hydrogen) atoms. The fourth-order valence-corrected chi connectivity index (χ4v) is 2.31. The Kier molecular flexibility index (Phi) is 4.71. The first-order chi connectivity index (χ1) is 9.63. The Hall–Kier alpha value is -1.91. The van der Waals surface area contributed by atoms with Gasteiger partial charge in [0.15, 0.2) is 0 Å². The van der Waals surface area contributed by atoms with E-state index in [2.05, 4.69) is 5.32 Å². The Bertz CT molecular complexity index is 487. The Morgan fingerprint density at radius 1 is 1.40 bits per heavy atom. The van der Waals surface area contributed by atoms with Gasteiger partial charge in [0.2, 0.25) is 11.8 Å². The van der Waals surface area contributed by atoms with Crippen molar-refractivity contribution in [1.82, 2.24) is 5.32 Å². The van der Waals surface area contributed by atoms with E-state index in [9.17, 15) is 14.0 Å². The van der Waals surface area contributed by atoms with Crippen molar-refractivity contribution in [3.05, 3.63) is 30.1 Å². The Labute approximate surface area is 118 Å². The normalized spacial score (nSPS) is 18.4. The third-order valence-electron chi connectivity index (χ3n) is 3.49. The van der Waals surface area contributed by atoms with E-state index in [4.69, 9.17) is 0 Å².